The zero-order chi connectivity index (χ0) is 16.8. The van der Waals surface area contributed by atoms with Gasteiger partial charge in [0.05, 0.1) is 24.2 Å². The number of hydrogen-bond acceptors (Lipinski definition) is 3. The highest BCUT2D eigenvalue weighted by Gasteiger charge is 2.33. The summed E-state index contributed by atoms with van der Waals surface area (Å²) in [7, 11) is 0. The summed E-state index contributed by atoms with van der Waals surface area (Å²) in [6.45, 7) is 2.14. The van der Waals surface area contributed by atoms with Crippen molar-refractivity contribution >= 4 is 17.6 Å². The van der Waals surface area contributed by atoms with Crippen LogP contribution in [0.3, 0.4) is 0 Å². The molecule has 8 heteroatoms. The number of carbonyl (C=O) groups excluding carboxylic acids is 1. The van der Waals surface area contributed by atoms with Crippen LogP contribution in [0.4, 0.5) is 18.9 Å². The summed E-state index contributed by atoms with van der Waals surface area (Å²) >= 11 is 0. The minimum absolute atomic E-state index is 0.139. The number of alkyl halides is 3. The number of halogens is 3. The maximum Gasteiger partial charge on any atom is 0.418 e. The summed E-state index contributed by atoms with van der Waals surface area (Å²) in [6, 6.07) is 4.70. The predicted molar refractivity (Wildman–Crippen MR) is 74.4 cm³/mol. The maximum atomic E-state index is 12.8. The summed E-state index contributed by atoms with van der Waals surface area (Å²) in [5, 5.41) is 10.8. The fourth-order valence-electron chi connectivity index (χ4n) is 1.83. The van der Waals surface area contributed by atoms with Crippen LogP contribution in [-0.4, -0.2) is 41.5 Å². The Hall–Kier alpha value is -2.09. The van der Waals surface area contributed by atoms with Crippen molar-refractivity contribution in [2.45, 2.75) is 19.5 Å². The molecule has 0 unspecified atom stereocenters. The van der Waals surface area contributed by atoms with E-state index in [9.17, 15) is 22.8 Å². The molecule has 0 radical (unpaired) electrons. The second-order valence-corrected chi connectivity index (χ2v) is 4.60. The van der Waals surface area contributed by atoms with Gasteiger partial charge in [0.2, 0.25) is 5.91 Å². The van der Waals surface area contributed by atoms with Crippen molar-refractivity contribution in [3.05, 3.63) is 29.8 Å². The standard InChI is InChI=1S/C14H17F3N2O3/c1-2-19(8-7-13(21)22)9-12(20)18-11-6-4-3-5-10(11)14(15,16)17/h3-6H,2,7-9H2,1H3,(H,18,20)(H,21,22). The first-order valence-electron chi connectivity index (χ1n) is 6.64. The molecule has 0 aliphatic heterocycles. The van der Waals surface area contributed by atoms with E-state index in [-0.39, 0.29) is 25.2 Å². The molecule has 0 spiro atoms. The van der Waals surface area contributed by atoms with Gasteiger partial charge in [-0.05, 0) is 18.7 Å². The molecular formula is C14H17F3N2O3. The lowest BCUT2D eigenvalue weighted by atomic mass is 10.1. The number of hydrogen-bond donors (Lipinski definition) is 2. The number of amides is 1. The number of carboxylic acid groups (broad SMARTS) is 1. The van der Waals surface area contributed by atoms with Gasteiger partial charge in [-0.3, -0.25) is 14.5 Å². The molecule has 0 atom stereocenters. The van der Waals surface area contributed by atoms with Gasteiger partial charge in [0.1, 0.15) is 0 Å². The summed E-state index contributed by atoms with van der Waals surface area (Å²) < 4.78 is 38.4. The van der Waals surface area contributed by atoms with E-state index in [4.69, 9.17) is 5.11 Å². The number of nitrogens with one attached hydrogen (secondary N) is 1. The van der Waals surface area contributed by atoms with Gasteiger partial charge < -0.3 is 10.4 Å². The number of benzene rings is 1. The highest BCUT2D eigenvalue weighted by molar-refractivity contribution is 5.93. The molecule has 5 nitrogen and oxygen atoms in total. The first kappa shape index (κ1) is 18.0. The van der Waals surface area contributed by atoms with Crippen LogP contribution in [0.5, 0.6) is 0 Å². The SMILES string of the molecule is CCN(CCC(=O)O)CC(=O)Nc1ccccc1C(F)(F)F. The number of nitrogens with zero attached hydrogens (tertiary/aromatic N) is 1. The van der Waals surface area contributed by atoms with Crippen molar-refractivity contribution in [2.75, 3.05) is 25.0 Å². The Morgan fingerprint density at radius 3 is 2.45 bits per heavy atom. The molecule has 0 aliphatic carbocycles. The first-order chi connectivity index (χ1) is 10.2. The number of anilines is 1. The Bertz CT molecular complexity index is 532. The number of aliphatic carboxylic acids is 1. The summed E-state index contributed by atoms with van der Waals surface area (Å²) in [5.41, 5.74) is -1.23. The summed E-state index contributed by atoms with van der Waals surface area (Å²) in [5.74, 6) is -1.62. The molecule has 0 fully saturated rings. The highest BCUT2D eigenvalue weighted by atomic mass is 19.4. The second-order valence-electron chi connectivity index (χ2n) is 4.60. The second kappa shape index (κ2) is 7.79. The summed E-state index contributed by atoms with van der Waals surface area (Å²) in [6.07, 6.45) is -4.70. The zero-order valence-corrected chi connectivity index (χ0v) is 12.0. The first-order valence-corrected chi connectivity index (χ1v) is 6.64. The minimum atomic E-state index is -4.56. The maximum absolute atomic E-state index is 12.8. The van der Waals surface area contributed by atoms with E-state index in [0.717, 1.165) is 6.07 Å². The normalized spacial score (nSPS) is 11.5. The van der Waals surface area contributed by atoms with Gasteiger partial charge in [-0.1, -0.05) is 19.1 Å². The van der Waals surface area contributed by atoms with Crippen LogP contribution in [0.1, 0.15) is 18.9 Å². The molecule has 2 N–H and O–H groups in total. The molecule has 1 rings (SSSR count). The Morgan fingerprint density at radius 1 is 1.27 bits per heavy atom. The van der Waals surface area contributed by atoms with Gasteiger partial charge in [0.25, 0.3) is 0 Å². The van der Waals surface area contributed by atoms with E-state index < -0.39 is 23.6 Å². The number of carbonyl (C=O) groups is 2. The van der Waals surface area contributed by atoms with Gasteiger partial charge in [-0.15, -0.1) is 0 Å². The molecule has 0 aromatic heterocycles. The van der Waals surface area contributed by atoms with E-state index in [1.807, 2.05) is 0 Å². The monoisotopic (exact) mass is 318 g/mol. The molecule has 1 aromatic carbocycles. The van der Waals surface area contributed by atoms with Crippen LogP contribution < -0.4 is 5.32 Å². The molecule has 122 valence electrons. The molecule has 0 bridgehead atoms. The zero-order valence-electron chi connectivity index (χ0n) is 12.0. The van der Waals surface area contributed by atoms with Crippen molar-refractivity contribution in [3.63, 3.8) is 0 Å². The van der Waals surface area contributed by atoms with Crippen LogP contribution in [0.15, 0.2) is 24.3 Å². The highest BCUT2D eigenvalue weighted by Crippen LogP contribution is 2.34. The van der Waals surface area contributed by atoms with Crippen molar-refractivity contribution < 1.29 is 27.9 Å². The lowest BCUT2D eigenvalue weighted by molar-refractivity contribution is -0.138. The number of likely N-dealkylation sites (N-methyl/N-ethyl adjacent to an activating group) is 1. The van der Waals surface area contributed by atoms with Gasteiger partial charge in [0, 0.05) is 6.54 Å². The van der Waals surface area contributed by atoms with Crippen molar-refractivity contribution in [1.82, 2.24) is 4.90 Å². The third-order valence-electron chi connectivity index (χ3n) is 2.96. The Morgan fingerprint density at radius 2 is 1.91 bits per heavy atom. The van der Waals surface area contributed by atoms with Gasteiger partial charge in [-0.2, -0.15) is 13.2 Å². The lowest BCUT2D eigenvalue weighted by Crippen LogP contribution is -2.35. The Labute approximate surface area is 125 Å². The summed E-state index contributed by atoms with van der Waals surface area (Å²) in [4.78, 5) is 23.9. The van der Waals surface area contributed by atoms with E-state index in [1.165, 1.54) is 18.2 Å². The number of carboxylic acids is 1. The number of rotatable bonds is 7. The van der Waals surface area contributed by atoms with Crippen LogP contribution in [-0.2, 0) is 15.8 Å². The quantitative estimate of drug-likeness (QED) is 0.810. The van der Waals surface area contributed by atoms with Crippen LogP contribution >= 0.6 is 0 Å². The van der Waals surface area contributed by atoms with E-state index >= 15 is 0 Å². The van der Waals surface area contributed by atoms with Gasteiger partial charge in [0.15, 0.2) is 0 Å². The van der Waals surface area contributed by atoms with Crippen molar-refractivity contribution in [3.8, 4) is 0 Å². The fraction of sp³-hybridized carbons (Fsp3) is 0.429. The molecule has 1 amide bonds. The van der Waals surface area contributed by atoms with E-state index in [1.54, 1.807) is 11.8 Å². The van der Waals surface area contributed by atoms with Crippen molar-refractivity contribution in [2.24, 2.45) is 0 Å². The molecule has 0 saturated carbocycles. The lowest BCUT2D eigenvalue weighted by Gasteiger charge is -2.19. The smallest absolute Gasteiger partial charge is 0.418 e. The largest absolute Gasteiger partial charge is 0.481 e. The van der Waals surface area contributed by atoms with Crippen LogP contribution in [0, 0.1) is 0 Å². The fourth-order valence-corrected chi connectivity index (χ4v) is 1.83. The average molecular weight is 318 g/mol. The van der Waals surface area contributed by atoms with Crippen LogP contribution in [0.25, 0.3) is 0 Å². The van der Waals surface area contributed by atoms with Crippen LogP contribution in [0.2, 0.25) is 0 Å². The average Bonchev–Trinajstić information content (AvgIpc) is 2.42. The molecular weight excluding hydrogens is 301 g/mol. The van der Waals surface area contributed by atoms with E-state index in [0.29, 0.717) is 6.54 Å². The van der Waals surface area contributed by atoms with Crippen molar-refractivity contribution in [1.29, 1.82) is 0 Å². The third kappa shape index (κ3) is 5.72. The predicted octanol–water partition coefficient (Wildman–Crippen LogP) is 2.44. The topological polar surface area (TPSA) is 69.6 Å². The molecule has 0 heterocycles. The Kier molecular flexibility index (Phi) is 6.36. The molecule has 0 aliphatic rings. The number of para-hydroxylation sites is 1. The molecule has 22 heavy (non-hydrogen) atoms. The molecule has 1 aromatic rings. The van der Waals surface area contributed by atoms with Gasteiger partial charge in [-0.25, -0.2) is 0 Å². The minimum Gasteiger partial charge on any atom is -0.481 e. The third-order valence-corrected chi connectivity index (χ3v) is 2.96. The Balaban J connectivity index is 2.71. The van der Waals surface area contributed by atoms with E-state index in [2.05, 4.69) is 5.32 Å². The molecule has 0 saturated heterocycles. The van der Waals surface area contributed by atoms with Gasteiger partial charge >= 0.3 is 12.1 Å².